The molecule has 0 bridgehead atoms. The van der Waals surface area contributed by atoms with E-state index in [2.05, 4.69) is 18.7 Å². The Morgan fingerprint density at radius 3 is 2.91 bits per heavy atom. The summed E-state index contributed by atoms with van der Waals surface area (Å²) >= 11 is 0. The van der Waals surface area contributed by atoms with E-state index in [9.17, 15) is 9.59 Å². The van der Waals surface area contributed by atoms with Crippen LogP contribution in [0.25, 0.3) is 0 Å². The van der Waals surface area contributed by atoms with E-state index in [1.165, 1.54) is 25.7 Å². The average Bonchev–Trinajstić information content (AvgIpc) is 3.11. The number of carbonyl (C=O) groups excluding carboxylic acids is 2. The molecule has 3 fully saturated rings. The van der Waals surface area contributed by atoms with Gasteiger partial charge in [0.2, 0.25) is 0 Å². The summed E-state index contributed by atoms with van der Waals surface area (Å²) in [4.78, 5) is 26.9. The van der Waals surface area contributed by atoms with Crippen LogP contribution < -0.4 is 0 Å². The molecule has 0 radical (unpaired) electrons. The van der Waals surface area contributed by atoms with Crippen molar-refractivity contribution < 1.29 is 19.1 Å². The molecule has 22 heavy (non-hydrogen) atoms. The van der Waals surface area contributed by atoms with E-state index >= 15 is 0 Å². The van der Waals surface area contributed by atoms with Crippen molar-refractivity contribution in [2.75, 3.05) is 26.3 Å². The first-order valence-corrected chi connectivity index (χ1v) is 8.40. The highest BCUT2D eigenvalue weighted by atomic mass is 16.6. The molecule has 0 aromatic heterocycles. The van der Waals surface area contributed by atoms with Gasteiger partial charge in [-0.15, -0.1) is 0 Å². The highest BCUT2D eigenvalue weighted by molar-refractivity contribution is 5.88. The topological polar surface area (TPSA) is 59.1 Å². The molecule has 3 saturated heterocycles. The van der Waals surface area contributed by atoms with Gasteiger partial charge in [0.25, 0.3) is 0 Å². The van der Waals surface area contributed by atoms with Gasteiger partial charge >= 0.3 is 12.2 Å². The van der Waals surface area contributed by atoms with Gasteiger partial charge in [0.1, 0.15) is 13.2 Å². The van der Waals surface area contributed by atoms with Crippen LogP contribution in [-0.2, 0) is 9.47 Å². The summed E-state index contributed by atoms with van der Waals surface area (Å²) in [5.41, 5.74) is 0.317. The zero-order valence-corrected chi connectivity index (χ0v) is 13.5. The lowest BCUT2D eigenvalue weighted by Crippen LogP contribution is -2.45. The van der Waals surface area contributed by atoms with E-state index in [0.717, 1.165) is 17.9 Å². The Morgan fingerprint density at radius 1 is 1.41 bits per heavy atom. The highest BCUT2D eigenvalue weighted by Crippen LogP contribution is 2.46. The molecule has 124 valence electrons. The smallest absolute Gasteiger partial charge is 0.419 e. The number of hydrogen-bond acceptors (Lipinski definition) is 5. The van der Waals surface area contributed by atoms with Crippen molar-refractivity contribution in [3.8, 4) is 0 Å². The van der Waals surface area contributed by atoms with Crippen molar-refractivity contribution in [1.82, 2.24) is 9.80 Å². The third-order valence-electron chi connectivity index (χ3n) is 5.20. The molecule has 3 heterocycles. The first-order valence-electron chi connectivity index (χ1n) is 8.40. The van der Waals surface area contributed by atoms with Crippen LogP contribution in [-0.4, -0.2) is 59.9 Å². The maximum atomic E-state index is 11.9. The van der Waals surface area contributed by atoms with Crippen molar-refractivity contribution in [3.63, 3.8) is 0 Å². The molecule has 3 aliphatic heterocycles. The van der Waals surface area contributed by atoms with E-state index in [-0.39, 0.29) is 6.61 Å². The van der Waals surface area contributed by atoms with Crippen LogP contribution in [0.4, 0.5) is 9.59 Å². The minimum Gasteiger partial charge on any atom is -0.447 e. The minimum absolute atomic E-state index is 0.265. The molecule has 6 heteroatoms. The molecule has 0 unspecified atom stereocenters. The summed E-state index contributed by atoms with van der Waals surface area (Å²) in [5.74, 6) is 0.682. The van der Waals surface area contributed by atoms with E-state index < -0.39 is 12.2 Å². The van der Waals surface area contributed by atoms with Crippen molar-refractivity contribution in [3.05, 3.63) is 0 Å². The molecule has 2 amide bonds. The van der Waals surface area contributed by atoms with Crippen LogP contribution in [0.2, 0.25) is 0 Å². The van der Waals surface area contributed by atoms with Gasteiger partial charge in [0, 0.05) is 11.6 Å². The Labute approximate surface area is 131 Å². The van der Waals surface area contributed by atoms with Crippen molar-refractivity contribution >= 4 is 12.2 Å². The van der Waals surface area contributed by atoms with Gasteiger partial charge in [-0.25, -0.2) is 14.5 Å². The number of amides is 2. The second-order valence-corrected chi connectivity index (χ2v) is 7.15. The zero-order valence-electron chi connectivity index (χ0n) is 13.5. The predicted molar refractivity (Wildman–Crippen MR) is 80.6 cm³/mol. The number of cyclic esters (lactones) is 1. The van der Waals surface area contributed by atoms with E-state index in [0.29, 0.717) is 30.7 Å². The number of rotatable bonds is 4. The molecular formula is C16H26N2O4. The lowest BCUT2D eigenvalue weighted by molar-refractivity contribution is 0.0614. The third kappa shape index (κ3) is 2.81. The molecule has 0 aromatic rings. The largest absolute Gasteiger partial charge is 0.447 e. The molecule has 6 nitrogen and oxygen atoms in total. The van der Waals surface area contributed by atoms with Crippen LogP contribution in [0.1, 0.15) is 46.0 Å². The molecule has 0 saturated carbocycles. The summed E-state index contributed by atoms with van der Waals surface area (Å²) < 4.78 is 10.1. The van der Waals surface area contributed by atoms with Gasteiger partial charge in [0.15, 0.2) is 0 Å². The van der Waals surface area contributed by atoms with Crippen LogP contribution in [0, 0.1) is 5.92 Å². The van der Waals surface area contributed by atoms with Gasteiger partial charge in [-0.1, -0.05) is 13.8 Å². The van der Waals surface area contributed by atoms with Gasteiger partial charge in [0.05, 0.1) is 6.54 Å². The lowest BCUT2D eigenvalue weighted by Gasteiger charge is -2.36. The van der Waals surface area contributed by atoms with E-state index in [1.54, 1.807) is 0 Å². The number of carbonyl (C=O) groups is 2. The standard InChI is InChI=1S/C16H26N2O4/c1-12(2)10-16-5-3-7-18(16)13(4-6-16)11-22-15(20)17-8-9-21-14(17)19/h12-13H,3-11H2,1-2H3/t13-,16+/m0/s1. The molecule has 0 aromatic carbocycles. The second-order valence-electron chi connectivity index (χ2n) is 7.15. The van der Waals surface area contributed by atoms with Gasteiger partial charge in [-0.05, 0) is 44.6 Å². The van der Waals surface area contributed by atoms with Crippen LogP contribution in [0.3, 0.4) is 0 Å². The molecule has 0 aliphatic carbocycles. The Kier molecular flexibility index (Phi) is 4.30. The zero-order chi connectivity index (χ0) is 15.7. The maximum absolute atomic E-state index is 11.9. The monoisotopic (exact) mass is 310 g/mol. The Bertz CT molecular complexity index is 453. The molecule has 3 rings (SSSR count). The summed E-state index contributed by atoms with van der Waals surface area (Å²) in [6.45, 7) is 6.59. The molecule has 2 atom stereocenters. The van der Waals surface area contributed by atoms with Gasteiger partial charge in [-0.3, -0.25) is 4.90 Å². The Morgan fingerprint density at radius 2 is 2.23 bits per heavy atom. The quantitative estimate of drug-likeness (QED) is 0.799. The Hall–Kier alpha value is -1.30. The highest BCUT2D eigenvalue weighted by Gasteiger charge is 2.49. The third-order valence-corrected chi connectivity index (χ3v) is 5.20. The second kappa shape index (κ2) is 6.07. The molecule has 3 aliphatic rings. The molecule has 0 spiro atoms. The van der Waals surface area contributed by atoms with Crippen LogP contribution >= 0.6 is 0 Å². The number of hydrogen-bond donors (Lipinski definition) is 0. The number of ether oxygens (including phenoxy) is 2. The van der Waals surface area contributed by atoms with Crippen molar-refractivity contribution in [1.29, 1.82) is 0 Å². The predicted octanol–water partition coefficient (Wildman–Crippen LogP) is 2.62. The fourth-order valence-electron chi connectivity index (χ4n) is 4.45. The first kappa shape index (κ1) is 15.6. The van der Waals surface area contributed by atoms with E-state index in [4.69, 9.17) is 9.47 Å². The lowest BCUT2D eigenvalue weighted by atomic mass is 9.85. The number of imide groups is 1. The number of fused-ring (bicyclic) bond motifs is 1. The summed E-state index contributed by atoms with van der Waals surface area (Å²) in [7, 11) is 0. The normalized spacial score (nSPS) is 31.7. The van der Waals surface area contributed by atoms with Gasteiger partial charge < -0.3 is 9.47 Å². The number of nitrogens with zero attached hydrogens (tertiary/aromatic N) is 2. The summed E-state index contributed by atoms with van der Waals surface area (Å²) in [6, 6.07) is 0.295. The maximum Gasteiger partial charge on any atom is 0.419 e. The fourth-order valence-corrected chi connectivity index (χ4v) is 4.45. The van der Waals surface area contributed by atoms with Gasteiger partial charge in [-0.2, -0.15) is 0 Å². The van der Waals surface area contributed by atoms with Crippen LogP contribution in [0.15, 0.2) is 0 Å². The van der Waals surface area contributed by atoms with E-state index in [1.807, 2.05) is 0 Å². The average molecular weight is 310 g/mol. The summed E-state index contributed by atoms with van der Waals surface area (Å²) in [6.07, 6.45) is 4.82. The molecular weight excluding hydrogens is 284 g/mol. The SMILES string of the molecule is CC(C)C[C@]12CCCN1[C@H](COC(=O)N1CCOC1=O)CC2. The first-order chi connectivity index (χ1) is 10.5. The van der Waals surface area contributed by atoms with Crippen LogP contribution in [0.5, 0.6) is 0 Å². The minimum atomic E-state index is -0.591. The fraction of sp³-hybridized carbons (Fsp3) is 0.875. The van der Waals surface area contributed by atoms with Crippen molar-refractivity contribution in [2.45, 2.75) is 57.5 Å². The summed E-state index contributed by atoms with van der Waals surface area (Å²) in [5, 5.41) is 0. The molecule has 0 N–H and O–H groups in total. The van der Waals surface area contributed by atoms with Crippen molar-refractivity contribution in [2.24, 2.45) is 5.92 Å². The Balaban J connectivity index is 1.55.